The topological polar surface area (TPSA) is 37.8 Å². The van der Waals surface area contributed by atoms with Crippen molar-refractivity contribution in [1.29, 1.82) is 0 Å². The van der Waals surface area contributed by atoms with Gasteiger partial charge in [-0.15, -0.1) is 0 Å². The van der Waals surface area contributed by atoms with Crippen LogP contribution in [0.1, 0.15) is 13.3 Å². The highest BCUT2D eigenvalue weighted by Crippen LogP contribution is 2.18. The molecule has 0 aliphatic heterocycles. The molecule has 0 aromatic carbocycles. The molecule has 3 nitrogen and oxygen atoms in total. The SMILES string of the molecule is CCCNc1cncc2cccnc12. The predicted octanol–water partition coefficient (Wildman–Crippen LogP) is 2.45. The number of hydrogen-bond acceptors (Lipinski definition) is 3. The monoisotopic (exact) mass is 187 g/mol. The van der Waals surface area contributed by atoms with Crippen LogP contribution in [0.15, 0.2) is 30.7 Å². The molecule has 0 aliphatic rings. The van der Waals surface area contributed by atoms with Gasteiger partial charge in [-0.05, 0) is 18.6 Å². The summed E-state index contributed by atoms with van der Waals surface area (Å²) in [4.78, 5) is 8.49. The fourth-order valence-electron chi connectivity index (χ4n) is 1.39. The van der Waals surface area contributed by atoms with Crippen LogP contribution in [0.4, 0.5) is 5.69 Å². The average molecular weight is 187 g/mol. The Morgan fingerprint density at radius 2 is 2.29 bits per heavy atom. The summed E-state index contributed by atoms with van der Waals surface area (Å²) in [5.74, 6) is 0. The zero-order valence-corrected chi connectivity index (χ0v) is 8.20. The molecule has 1 N–H and O–H groups in total. The van der Waals surface area contributed by atoms with E-state index in [1.54, 1.807) is 6.20 Å². The van der Waals surface area contributed by atoms with Gasteiger partial charge in [-0.25, -0.2) is 0 Å². The molecule has 2 aromatic rings. The summed E-state index contributed by atoms with van der Waals surface area (Å²) in [5, 5.41) is 4.39. The molecule has 14 heavy (non-hydrogen) atoms. The van der Waals surface area contributed by atoms with E-state index in [9.17, 15) is 0 Å². The van der Waals surface area contributed by atoms with E-state index < -0.39 is 0 Å². The second-order valence-electron chi connectivity index (χ2n) is 3.19. The lowest BCUT2D eigenvalue weighted by Gasteiger charge is -2.06. The van der Waals surface area contributed by atoms with Crippen molar-refractivity contribution in [2.24, 2.45) is 0 Å². The molecule has 0 radical (unpaired) electrons. The Hall–Kier alpha value is -1.64. The van der Waals surface area contributed by atoms with E-state index in [2.05, 4.69) is 22.2 Å². The summed E-state index contributed by atoms with van der Waals surface area (Å²) >= 11 is 0. The van der Waals surface area contributed by atoms with E-state index in [4.69, 9.17) is 0 Å². The van der Waals surface area contributed by atoms with Gasteiger partial charge < -0.3 is 5.32 Å². The number of fused-ring (bicyclic) bond motifs is 1. The van der Waals surface area contributed by atoms with Gasteiger partial charge in [0.05, 0.1) is 17.4 Å². The van der Waals surface area contributed by atoms with E-state index in [0.29, 0.717) is 0 Å². The third kappa shape index (κ3) is 1.66. The summed E-state index contributed by atoms with van der Waals surface area (Å²) in [7, 11) is 0. The van der Waals surface area contributed by atoms with Crippen LogP contribution in [0, 0.1) is 0 Å². The van der Waals surface area contributed by atoms with E-state index in [1.165, 1.54) is 0 Å². The molecule has 0 bridgehead atoms. The standard InChI is InChI=1S/C11H13N3/c1-2-5-13-10-8-12-7-9-4-3-6-14-11(9)10/h3-4,6-8,13H,2,5H2,1H3. The van der Waals surface area contributed by atoms with Crippen LogP contribution in [-0.4, -0.2) is 16.5 Å². The second-order valence-corrected chi connectivity index (χ2v) is 3.19. The largest absolute Gasteiger partial charge is 0.382 e. The van der Waals surface area contributed by atoms with Crippen LogP contribution < -0.4 is 5.32 Å². The van der Waals surface area contributed by atoms with Crippen molar-refractivity contribution in [3.8, 4) is 0 Å². The molecule has 2 aromatic heterocycles. The number of nitrogens with zero attached hydrogens (tertiary/aromatic N) is 2. The molecule has 2 heterocycles. The van der Waals surface area contributed by atoms with Crippen LogP contribution >= 0.6 is 0 Å². The van der Waals surface area contributed by atoms with Gasteiger partial charge in [0.2, 0.25) is 0 Å². The van der Waals surface area contributed by atoms with Gasteiger partial charge >= 0.3 is 0 Å². The van der Waals surface area contributed by atoms with Crippen molar-refractivity contribution >= 4 is 16.6 Å². The molecular formula is C11H13N3. The molecule has 72 valence electrons. The molecular weight excluding hydrogens is 174 g/mol. The van der Waals surface area contributed by atoms with Crippen LogP contribution in [0.5, 0.6) is 0 Å². The van der Waals surface area contributed by atoms with Gasteiger partial charge in [-0.3, -0.25) is 9.97 Å². The van der Waals surface area contributed by atoms with Crippen LogP contribution in [0.25, 0.3) is 10.9 Å². The first-order chi connectivity index (χ1) is 6.92. The second kappa shape index (κ2) is 4.05. The first-order valence-corrected chi connectivity index (χ1v) is 4.84. The van der Waals surface area contributed by atoms with Crippen molar-refractivity contribution in [3.63, 3.8) is 0 Å². The van der Waals surface area contributed by atoms with Crippen LogP contribution in [0.2, 0.25) is 0 Å². The third-order valence-electron chi connectivity index (χ3n) is 2.08. The Labute approximate surface area is 83.2 Å². The Bertz CT molecular complexity index is 420. The lowest BCUT2D eigenvalue weighted by Crippen LogP contribution is -2.01. The number of hydrogen-bond donors (Lipinski definition) is 1. The van der Waals surface area contributed by atoms with Gasteiger partial charge in [0.15, 0.2) is 0 Å². The first-order valence-electron chi connectivity index (χ1n) is 4.84. The molecule has 0 unspecified atom stereocenters. The number of anilines is 1. The van der Waals surface area contributed by atoms with Crippen molar-refractivity contribution in [2.45, 2.75) is 13.3 Å². The Morgan fingerprint density at radius 1 is 1.36 bits per heavy atom. The molecule has 0 saturated heterocycles. The Balaban J connectivity index is 2.43. The predicted molar refractivity (Wildman–Crippen MR) is 58.3 cm³/mol. The Kier molecular flexibility index (Phi) is 2.58. The summed E-state index contributed by atoms with van der Waals surface area (Å²) in [6.07, 6.45) is 6.56. The van der Waals surface area contributed by atoms with Gasteiger partial charge in [-0.2, -0.15) is 0 Å². The maximum absolute atomic E-state index is 4.33. The van der Waals surface area contributed by atoms with E-state index in [0.717, 1.165) is 29.6 Å². The smallest absolute Gasteiger partial charge is 0.0964 e. The summed E-state index contributed by atoms with van der Waals surface area (Å²) in [6.45, 7) is 3.09. The molecule has 0 saturated carbocycles. The summed E-state index contributed by atoms with van der Waals surface area (Å²) in [5.41, 5.74) is 2.01. The van der Waals surface area contributed by atoms with Gasteiger partial charge in [-0.1, -0.05) is 6.92 Å². The fourth-order valence-corrected chi connectivity index (χ4v) is 1.39. The number of rotatable bonds is 3. The lowest BCUT2D eigenvalue weighted by molar-refractivity contribution is 0.979. The van der Waals surface area contributed by atoms with Crippen LogP contribution in [-0.2, 0) is 0 Å². The normalized spacial score (nSPS) is 10.4. The molecule has 0 amide bonds. The third-order valence-corrected chi connectivity index (χ3v) is 2.08. The minimum Gasteiger partial charge on any atom is -0.382 e. The highest BCUT2D eigenvalue weighted by Gasteiger charge is 2.00. The van der Waals surface area contributed by atoms with Crippen molar-refractivity contribution < 1.29 is 0 Å². The average Bonchev–Trinajstić information content (AvgIpc) is 2.26. The lowest BCUT2D eigenvalue weighted by atomic mass is 10.2. The fraction of sp³-hybridized carbons (Fsp3) is 0.273. The molecule has 3 heteroatoms. The minimum atomic E-state index is 0.956. The summed E-state index contributed by atoms with van der Waals surface area (Å²) < 4.78 is 0. The molecule has 2 rings (SSSR count). The van der Waals surface area contributed by atoms with Crippen molar-refractivity contribution in [3.05, 3.63) is 30.7 Å². The number of nitrogens with one attached hydrogen (secondary N) is 1. The van der Waals surface area contributed by atoms with Crippen molar-refractivity contribution in [1.82, 2.24) is 9.97 Å². The van der Waals surface area contributed by atoms with Gasteiger partial charge in [0, 0.05) is 24.3 Å². The van der Waals surface area contributed by atoms with Crippen LogP contribution in [0.3, 0.4) is 0 Å². The molecule has 0 fully saturated rings. The Morgan fingerprint density at radius 3 is 3.14 bits per heavy atom. The highest BCUT2D eigenvalue weighted by molar-refractivity contribution is 5.88. The number of pyridine rings is 2. The van der Waals surface area contributed by atoms with E-state index in [1.807, 2.05) is 24.5 Å². The maximum atomic E-state index is 4.33. The van der Waals surface area contributed by atoms with Gasteiger partial charge in [0.1, 0.15) is 0 Å². The quantitative estimate of drug-likeness (QED) is 0.802. The van der Waals surface area contributed by atoms with Crippen molar-refractivity contribution in [2.75, 3.05) is 11.9 Å². The maximum Gasteiger partial charge on any atom is 0.0964 e. The number of aromatic nitrogens is 2. The van der Waals surface area contributed by atoms with Gasteiger partial charge in [0.25, 0.3) is 0 Å². The first kappa shape index (κ1) is 8.94. The highest BCUT2D eigenvalue weighted by atomic mass is 14.9. The molecule has 0 spiro atoms. The molecule has 0 atom stereocenters. The zero-order chi connectivity index (χ0) is 9.80. The minimum absolute atomic E-state index is 0.956. The zero-order valence-electron chi connectivity index (χ0n) is 8.20. The molecule has 0 aliphatic carbocycles. The van der Waals surface area contributed by atoms with E-state index >= 15 is 0 Å². The summed E-state index contributed by atoms with van der Waals surface area (Å²) in [6, 6.07) is 3.94. The van der Waals surface area contributed by atoms with E-state index in [-0.39, 0.29) is 0 Å².